The molecule has 1 rings (SSSR count). The fourth-order valence-electron chi connectivity index (χ4n) is 2.03. The molecule has 1 saturated heterocycles. The van der Waals surface area contributed by atoms with Crippen LogP contribution in [0.3, 0.4) is 0 Å². The molecular formula is C12H24N2OS. The quantitative estimate of drug-likeness (QED) is 0.772. The van der Waals surface area contributed by atoms with Crippen molar-refractivity contribution in [2.24, 2.45) is 5.92 Å². The van der Waals surface area contributed by atoms with Gasteiger partial charge in [0.25, 0.3) is 0 Å². The minimum Gasteiger partial charge on any atom is -0.356 e. The number of carbonyl (C=O) groups is 1. The molecule has 0 bridgehead atoms. The van der Waals surface area contributed by atoms with Gasteiger partial charge in [0.1, 0.15) is 0 Å². The minimum absolute atomic E-state index is 0.223. The highest BCUT2D eigenvalue weighted by Crippen LogP contribution is 2.16. The van der Waals surface area contributed by atoms with Crippen LogP contribution in [0.5, 0.6) is 0 Å². The lowest BCUT2D eigenvalue weighted by Crippen LogP contribution is -2.42. The molecule has 1 heterocycles. The van der Waals surface area contributed by atoms with Crippen LogP contribution in [-0.4, -0.2) is 36.5 Å². The second-order valence-corrected chi connectivity index (χ2v) is 5.98. The van der Waals surface area contributed by atoms with E-state index in [-0.39, 0.29) is 11.8 Å². The van der Waals surface area contributed by atoms with Crippen molar-refractivity contribution in [2.45, 2.75) is 44.4 Å². The number of nitrogens with one attached hydrogen (secondary N) is 2. The summed E-state index contributed by atoms with van der Waals surface area (Å²) in [6.07, 6.45) is 5.13. The van der Waals surface area contributed by atoms with Crippen LogP contribution >= 0.6 is 11.8 Å². The third-order valence-corrected chi connectivity index (χ3v) is 4.29. The van der Waals surface area contributed by atoms with Crippen LogP contribution in [0.2, 0.25) is 0 Å². The summed E-state index contributed by atoms with van der Waals surface area (Å²) < 4.78 is 0. The molecule has 1 aliphatic rings. The summed E-state index contributed by atoms with van der Waals surface area (Å²) in [4.78, 5) is 11.9. The summed E-state index contributed by atoms with van der Waals surface area (Å²) in [6.45, 7) is 6.14. The van der Waals surface area contributed by atoms with Gasteiger partial charge in [0.2, 0.25) is 5.91 Å². The summed E-state index contributed by atoms with van der Waals surface area (Å²) in [5.41, 5.74) is 0. The number of hydrogen-bond acceptors (Lipinski definition) is 3. The molecule has 1 fully saturated rings. The predicted molar refractivity (Wildman–Crippen MR) is 70.8 cm³/mol. The number of carbonyl (C=O) groups excluding carboxylic acids is 1. The van der Waals surface area contributed by atoms with E-state index in [4.69, 9.17) is 0 Å². The van der Waals surface area contributed by atoms with E-state index in [1.165, 1.54) is 0 Å². The highest BCUT2D eigenvalue weighted by atomic mass is 32.2. The van der Waals surface area contributed by atoms with Gasteiger partial charge in [-0.1, -0.05) is 6.92 Å². The molecule has 16 heavy (non-hydrogen) atoms. The first-order valence-electron chi connectivity index (χ1n) is 6.17. The van der Waals surface area contributed by atoms with Crippen molar-refractivity contribution in [2.75, 3.05) is 19.3 Å². The lowest BCUT2D eigenvalue weighted by molar-refractivity contribution is -0.126. The van der Waals surface area contributed by atoms with Crippen molar-refractivity contribution >= 4 is 17.7 Å². The maximum absolute atomic E-state index is 11.9. The number of hydrogen-bond donors (Lipinski definition) is 2. The summed E-state index contributed by atoms with van der Waals surface area (Å²) in [6, 6.07) is 0.481. The largest absolute Gasteiger partial charge is 0.356 e. The molecule has 0 aliphatic carbocycles. The normalized spacial score (nSPS) is 27.4. The third-order valence-electron chi connectivity index (χ3n) is 3.25. The van der Waals surface area contributed by atoms with E-state index in [1.54, 1.807) is 0 Å². The zero-order chi connectivity index (χ0) is 12.0. The van der Waals surface area contributed by atoms with Gasteiger partial charge in [-0.05, 0) is 39.0 Å². The Morgan fingerprint density at radius 2 is 2.38 bits per heavy atom. The molecule has 0 aromatic rings. The SMILES string of the molecule is CSC(C)CCNC(=O)C1CCNC(C)C1. The average molecular weight is 244 g/mol. The maximum Gasteiger partial charge on any atom is 0.223 e. The van der Waals surface area contributed by atoms with E-state index in [9.17, 15) is 4.79 Å². The molecule has 0 saturated carbocycles. The number of piperidine rings is 1. The molecule has 2 N–H and O–H groups in total. The topological polar surface area (TPSA) is 41.1 Å². The Bertz CT molecular complexity index is 223. The Morgan fingerprint density at radius 1 is 1.62 bits per heavy atom. The molecule has 3 nitrogen and oxygen atoms in total. The zero-order valence-electron chi connectivity index (χ0n) is 10.6. The Morgan fingerprint density at radius 3 is 3.00 bits per heavy atom. The molecular weight excluding hydrogens is 220 g/mol. The molecule has 0 aromatic heterocycles. The first kappa shape index (κ1) is 13.8. The van der Waals surface area contributed by atoms with Crippen molar-refractivity contribution in [3.05, 3.63) is 0 Å². The zero-order valence-corrected chi connectivity index (χ0v) is 11.4. The molecule has 1 aliphatic heterocycles. The molecule has 0 aromatic carbocycles. The average Bonchev–Trinajstić information content (AvgIpc) is 2.28. The van der Waals surface area contributed by atoms with Crippen molar-refractivity contribution in [3.63, 3.8) is 0 Å². The van der Waals surface area contributed by atoms with Gasteiger partial charge in [-0.25, -0.2) is 0 Å². The highest BCUT2D eigenvalue weighted by Gasteiger charge is 2.24. The molecule has 4 heteroatoms. The molecule has 1 amide bonds. The van der Waals surface area contributed by atoms with Crippen molar-refractivity contribution in [1.82, 2.24) is 10.6 Å². The van der Waals surface area contributed by atoms with Crippen LogP contribution in [0.15, 0.2) is 0 Å². The van der Waals surface area contributed by atoms with Crippen LogP contribution in [0.1, 0.15) is 33.1 Å². The van der Waals surface area contributed by atoms with E-state index in [1.807, 2.05) is 11.8 Å². The first-order chi connectivity index (χ1) is 7.63. The molecule has 0 spiro atoms. The van der Waals surface area contributed by atoms with Gasteiger partial charge in [-0.2, -0.15) is 11.8 Å². The van der Waals surface area contributed by atoms with Crippen molar-refractivity contribution in [1.29, 1.82) is 0 Å². The monoisotopic (exact) mass is 244 g/mol. The molecule has 3 unspecified atom stereocenters. The number of rotatable bonds is 5. The second-order valence-electron chi connectivity index (χ2n) is 4.70. The Labute approximate surface area is 103 Å². The van der Waals surface area contributed by atoms with E-state index < -0.39 is 0 Å². The smallest absolute Gasteiger partial charge is 0.223 e. The highest BCUT2D eigenvalue weighted by molar-refractivity contribution is 7.99. The third kappa shape index (κ3) is 4.74. The summed E-state index contributed by atoms with van der Waals surface area (Å²) in [7, 11) is 0. The van der Waals surface area contributed by atoms with Gasteiger partial charge in [0, 0.05) is 23.8 Å². The lowest BCUT2D eigenvalue weighted by atomic mass is 9.92. The predicted octanol–water partition coefficient (Wildman–Crippen LogP) is 1.63. The van der Waals surface area contributed by atoms with E-state index in [0.717, 1.165) is 32.4 Å². The van der Waals surface area contributed by atoms with Crippen LogP contribution in [0.4, 0.5) is 0 Å². The molecule has 0 radical (unpaired) electrons. The van der Waals surface area contributed by atoms with Gasteiger partial charge in [0.15, 0.2) is 0 Å². The fraction of sp³-hybridized carbons (Fsp3) is 0.917. The second kappa shape index (κ2) is 7.17. The maximum atomic E-state index is 11.9. The van der Waals surface area contributed by atoms with E-state index in [2.05, 4.69) is 30.7 Å². The molecule has 94 valence electrons. The first-order valence-corrected chi connectivity index (χ1v) is 7.46. The number of thioether (sulfide) groups is 1. The van der Waals surface area contributed by atoms with Gasteiger partial charge in [-0.3, -0.25) is 4.79 Å². The Balaban J connectivity index is 2.19. The van der Waals surface area contributed by atoms with Gasteiger partial charge < -0.3 is 10.6 Å². The van der Waals surface area contributed by atoms with Crippen molar-refractivity contribution < 1.29 is 4.79 Å². The van der Waals surface area contributed by atoms with Crippen LogP contribution in [-0.2, 0) is 4.79 Å². The summed E-state index contributed by atoms with van der Waals surface area (Å²) >= 11 is 1.85. The Kier molecular flexibility index (Phi) is 6.21. The lowest BCUT2D eigenvalue weighted by Gasteiger charge is -2.27. The van der Waals surface area contributed by atoms with Crippen LogP contribution < -0.4 is 10.6 Å². The van der Waals surface area contributed by atoms with E-state index >= 15 is 0 Å². The van der Waals surface area contributed by atoms with Gasteiger partial charge >= 0.3 is 0 Å². The fourth-order valence-corrected chi connectivity index (χ4v) is 2.38. The van der Waals surface area contributed by atoms with Crippen molar-refractivity contribution in [3.8, 4) is 0 Å². The van der Waals surface area contributed by atoms with Crippen LogP contribution in [0, 0.1) is 5.92 Å². The molecule has 3 atom stereocenters. The number of amides is 1. The van der Waals surface area contributed by atoms with E-state index in [0.29, 0.717) is 11.3 Å². The Hall–Kier alpha value is -0.220. The van der Waals surface area contributed by atoms with Crippen LogP contribution in [0.25, 0.3) is 0 Å². The van der Waals surface area contributed by atoms with Gasteiger partial charge in [-0.15, -0.1) is 0 Å². The summed E-state index contributed by atoms with van der Waals surface area (Å²) in [5, 5.41) is 7.06. The summed E-state index contributed by atoms with van der Waals surface area (Å²) in [5.74, 6) is 0.475. The minimum atomic E-state index is 0.223. The standard InChI is InChI=1S/C12H24N2OS/c1-9-8-11(5-7-13-9)12(15)14-6-4-10(2)16-3/h9-11,13H,4-8H2,1-3H3,(H,14,15). The van der Waals surface area contributed by atoms with Gasteiger partial charge in [0.05, 0.1) is 0 Å².